The summed E-state index contributed by atoms with van der Waals surface area (Å²) >= 11 is 0. The summed E-state index contributed by atoms with van der Waals surface area (Å²) in [6.07, 6.45) is -1.30. The first kappa shape index (κ1) is 33.3. The van der Waals surface area contributed by atoms with Crippen molar-refractivity contribution in [3.8, 4) is 6.07 Å². The van der Waals surface area contributed by atoms with E-state index in [9.17, 15) is 28.0 Å². The second-order valence-electron chi connectivity index (χ2n) is 12.1. The molecule has 0 aliphatic carbocycles. The number of amides is 1. The Morgan fingerprint density at radius 1 is 1.07 bits per heavy atom. The summed E-state index contributed by atoms with van der Waals surface area (Å²) in [5.41, 5.74) is 0.686. The Hall–Kier alpha value is -4.02. The Morgan fingerprint density at radius 3 is 2.41 bits per heavy atom. The molecule has 4 atom stereocenters. The summed E-state index contributed by atoms with van der Waals surface area (Å²) in [6, 6.07) is 9.68. The molecule has 2 unspecified atom stereocenters. The van der Waals surface area contributed by atoms with Gasteiger partial charge in [0.15, 0.2) is 5.82 Å². The van der Waals surface area contributed by atoms with Gasteiger partial charge in [-0.3, -0.25) is 14.3 Å². The second kappa shape index (κ2) is 13.8. The predicted octanol–water partition coefficient (Wildman–Crippen LogP) is 4.67. The fraction of sp³-hybridized carbons (Fsp3) is 0.545. The van der Waals surface area contributed by atoms with Gasteiger partial charge in [-0.05, 0) is 55.5 Å². The van der Waals surface area contributed by atoms with Crippen LogP contribution in [-0.4, -0.2) is 81.7 Å². The number of nitrogens with zero attached hydrogens (tertiary/aromatic N) is 7. The van der Waals surface area contributed by atoms with Crippen LogP contribution in [0.3, 0.4) is 0 Å². The first-order valence-electron chi connectivity index (χ1n) is 15.8. The molecule has 1 amide bonds. The van der Waals surface area contributed by atoms with Gasteiger partial charge >= 0.3 is 11.9 Å². The lowest BCUT2D eigenvalue weighted by atomic mass is 9.93. The van der Waals surface area contributed by atoms with Crippen LogP contribution in [0.4, 0.5) is 19.0 Å². The van der Waals surface area contributed by atoms with Crippen molar-refractivity contribution in [3.63, 3.8) is 0 Å². The number of likely N-dealkylation sites (tertiary alicyclic amines) is 1. The van der Waals surface area contributed by atoms with Crippen LogP contribution in [0.25, 0.3) is 11.0 Å². The van der Waals surface area contributed by atoms with Gasteiger partial charge in [-0.15, -0.1) is 0 Å². The number of fused-ring (bicyclic) bond motifs is 1. The van der Waals surface area contributed by atoms with Gasteiger partial charge in [0.05, 0.1) is 23.7 Å². The summed E-state index contributed by atoms with van der Waals surface area (Å²) < 4.78 is 47.3. The molecule has 46 heavy (non-hydrogen) atoms. The Labute approximate surface area is 266 Å². The molecule has 5 rings (SSSR count). The third-order valence-corrected chi connectivity index (χ3v) is 9.45. The molecule has 2 aliphatic rings. The fourth-order valence-electron chi connectivity index (χ4n) is 6.93. The lowest BCUT2D eigenvalue weighted by Crippen LogP contribution is -2.59. The van der Waals surface area contributed by atoms with Crippen molar-refractivity contribution in [1.82, 2.24) is 24.3 Å². The smallest absolute Gasteiger partial charge is 0.383 e. The molecule has 13 heteroatoms. The van der Waals surface area contributed by atoms with Crippen molar-refractivity contribution >= 4 is 22.8 Å². The van der Waals surface area contributed by atoms with Crippen LogP contribution in [0.15, 0.2) is 41.2 Å². The quantitative estimate of drug-likeness (QED) is 0.333. The van der Waals surface area contributed by atoms with Gasteiger partial charge in [0.2, 0.25) is 5.91 Å². The number of rotatable bonds is 9. The molecular weight excluding hydrogens is 599 g/mol. The molecule has 0 bridgehead atoms. The van der Waals surface area contributed by atoms with E-state index in [2.05, 4.69) is 25.8 Å². The third kappa shape index (κ3) is 6.59. The number of nitriles is 1. The maximum Gasteiger partial charge on any atom is 0.416 e. The van der Waals surface area contributed by atoms with Crippen molar-refractivity contribution < 1.29 is 22.7 Å². The monoisotopic (exact) mass is 639 g/mol. The van der Waals surface area contributed by atoms with Crippen molar-refractivity contribution in [2.75, 3.05) is 38.3 Å². The van der Waals surface area contributed by atoms with Crippen LogP contribution in [0.1, 0.15) is 68.8 Å². The van der Waals surface area contributed by atoms with E-state index in [0.717, 1.165) is 25.0 Å². The van der Waals surface area contributed by atoms with E-state index in [1.54, 1.807) is 26.3 Å². The number of hydrogen-bond donors (Lipinski definition) is 0. The van der Waals surface area contributed by atoms with Gasteiger partial charge in [0.25, 0.3) is 0 Å². The van der Waals surface area contributed by atoms with E-state index in [4.69, 9.17) is 4.74 Å². The molecule has 0 saturated carbocycles. The van der Waals surface area contributed by atoms with E-state index < -0.39 is 23.5 Å². The first-order valence-corrected chi connectivity index (χ1v) is 15.8. The molecule has 0 spiro atoms. The number of aryl methyl sites for hydroxylation is 1. The number of alkyl halides is 3. The minimum Gasteiger partial charge on any atom is -0.383 e. The van der Waals surface area contributed by atoms with Gasteiger partial charge < -0.3 is 14.5 Å². The average Bonchev–Trinajstić information content (AvgIpc) is 3.52. The number of carbonyl (C=O) groups is 1. The Morgan fingerprint density at radius 2 is 1.78 bits per heavy atom. The third-order valence-electron chi connectivity index (χ3n) is 9.45. The number of ether oxygens (including phenoxy) is 1. The molecule has 3 aromatic rings. The number of aromatic nitrogens is 3. The topological polar surface area (TPSA) is 108 Å². The number of benzene rings is 1. The Bertz CT molecular complexity index is 1650. The summed E-state index contributed by atoms with van der Waals surface area (Å²) in [7, 11) is 3.22. The Balaban J connectivity index is 1.54. The number of hydrogen-bond acceptors (Lipinski definition) is 8. The Kier molecular flexibility index (Phi) is 9.98. The average molecular weight is 640 g/mol. The molecule has 0 N–H and O–H groups in total. The highest BCUT2D eigenvalue weighted by molar-refractivity contribution is 5.86. The van der Waals surface area contributed by atoms with Gasteiger partial charge in [-0.25, -0.2) is 9.78 Å². The highest BCUT2D eigenvalue weighted by Crippen LogP contribution is 2.37. The molecule has 10 nitrogen and oxygen atoms in total. The summed E-state index contributed by atoms with van der Waals surface area (Å²) in [5.74, 6) is 0.351. The zero-order chi connectivity index (χ0) is 33.2. The summed E-state index contributed by atoms with van der Waals surface area (Å²) in [6.45, 7) is 6.04. The SMILES string of the molecule is CC[C@H]1CN(C(CC(=O)N2CCCC2COC)c2ccc(C(F)(F)F)cc2)[C@H](CC)CN1c1nc(=O)n(C)c2ccc(C#N)nc12. The van der Waals surface area contributed by atoms with Crippen molar-refractivity contribution in [2.45, 2.75) is 76.3 Å². The largest absolute Gasteiger partial charge is 0.416 e. The standard InChI is InChI=1S/C33H40F3N7O3/c1-5-24-19-43(31-30-27(40(3)32(45)39-31)14-13-23(17-37)38-30)25(6-2)18-42(24)28(21-9-11-22(12-10-21)33(34,35)36)16-29(44)41-15-7-8-26(41)20-46-4/h9-14,24-26,28H,5-8,15-16,18-20H2,1-4H3/t24-,25+,26?,28?/m1/s1. The lowest BCUT2D eigenvalue weighted by Gasteiger charge is -2.50. The highest BCUT2D eigenvalue weighted by Gasteiger charge is 2.40. The van der Waals surface area contributed by atoms with Crippen LogP contribution >= 0.6 is 0 Å². The number of anilines is 1. The zero-order valence-electron chi connectivity index (χ0n) is 26.6. The number of halogens is 3. The molecule has 0 radical (unpaired) electrons. The van der Waals surface area contributed by atoms with E-state index in [1.807, 2.05) is 18.7 Å². The number of pyridine rings is 1. The van der Waals surface area contributed by atoms with Crippen LogP contribution < -0.4 is 10.6 Å². The first-order chi connectivity index (χ1) is 22.0. The predicted molar refractivity (Wildman–Crippen MR) is 167 cm³/mol. The normalized spacial score (nSPS) is 21.5. The molecule has 2 saturated heterocycles. The van der Waals surface area contributed by atoms with Crippen molar-refractivity contribution in [2.24, 2.45) is 7.05 Å². The fourth-order valence-corrected chi connectivity index (χ4v) is 6.93. The van der Waals surface area contributed by atoms with Gasteiger partial charge in [0, 0.05) is 58.3 Å². The second-order valence-corrected chi connectivity index (χ2v) is 12.1. The number of methoxy groups -OCH3 is 1. The maximum absolute atomic E-state index is 13.9. The van der Waals surface area contributed by atoms with E-state index in [-0.39, 0.29) is 36.1 Å². The summed E-state index contributed by atoms with van der Waals surface area (Å²) in [5, 5.41) is 9.54. The zero-order valence-corrected chi connectivity index (χ0v) is 26.6. The van der Waals surface area contributed by atoms with Crippen molar-refractivity contribution in [3.05, 3.63) is 63.7 Å². The van der Waals surface area contributed by atoms with Crippen molar-refractivity contribution in [1.29, 1.82) is 5.26 Å². The van der Waals surface area contributed by atoms with Crippen LogP contribution in [0.2, 0.25) is 0 Å². The molecule has 2 aromatic heterocycles. The van der Waals surface area contributed by atoms with Gasteiger partial charge in [-0.2, -0.15) is 23.4 Å². The van der Waals surface area contributed by atoms with Gasteiger partial charge in [0.1, 0.15) is 17.3 Å². The van der Waals surface area contributed by atoms with E-state index >= 15 is 0 Å². The minimum absolute atomic E-state index is 0.0289. The molecule has 2 aliphatic heterocycles. The number of carbonyl (C=O) groups excluding carboxylic acids is 1. The maximum atomic E-state index is 13.9. The van der Waals surface area contributed by atoms with Crippen LogP contribution in [0.5, 0.6) is 0 Å². The molecule has 2 fully saturated rings. The van der Waals surface area contributed by atoms with E-state index in [1.165, 1.54) is 16.7 Å². The highest BCUT2D eigenvalue weighted by atomic mass is 19.4. The number of piperazine rings is 1. The summed E-state index contributed by atoms with van der Waals surface area (Å²) in [4.78, 5) is 41.9. The van der Waals surface area contributed by atoms with Gasteiger partial charge in [-0.1, -0.05) is 26.0 Å². The molecule has 4 heterocycles. The molecular formula is C33H40F3N7O3. The van der Waals surface area contributed by atoms with Crippen LogP contribution in [-0.2, 0) is 22.8 Å². The molecule has 246 valence electrons. The van der Waals surface area contributed by atoms with Crippen LogP contribution in [0, 0.1) is 11.3 Å². The lowest BCUT2D eigenvalue weighted by molar-refractivity contribution is -0.138. The minimum atomic E-state index is -4.47. The van der Waals surface area contributed by atoms with E-state index in [0.29, 0.717) is 61.5 Å². The molecule has 1 aromatic carbocycles.